The number of rotatable bonds is 2. The first-order valence-corrected chi connectivity index (χ1v) is 9.33. The van der Waals surface area contributed by atoms with E-state index in [0.29, 0.717) is 0 Å². The minimum absolute atomic E-state index is 0.259. The van der Waals surface area contributed by atoms with Crippen LogP contribution in [0.15, 0.2) is 60.7 Å². The summed E-state index contributed by atoms with van der Waals surface area (Å²) in [6, 6.07) is 21.8. The molecule has 0 saturated heterocycles. The average Bonchev–Trinajstić information content (AvgIpc) is 2.44. The Morgan fingerprint density at radius 2 is 0.909 bits per heavy atom. The van der Waals surface area contributed by atoms with E-state index >= 15 is 0 Å². The minimum atomic E-state index is -0.342. The van der Waals surface area contributed by atoms with Gasteiger partial charge in [-0.1, -0.05) is 60.7 Å². The normalized spacial score (nSPS) is 12.1. The molecule has 0 heterocycles. The molecule has 0 bridgehead atoms. The van der Waals surface area contributed by atoms with Crippen molar-refractivity contribution in [1.29, 1.82) is 0 Å². The summed E-state index contributed by atoms with van der Waals surface area (Å²) in [5.74, 6) is 0. The molecular weight excluding hydrogens is 283 g/mol. The Labute approximate surface area is 137 Å². The molecule has 0 aliphatic carbocycles. The molecule has 0 atom stereocenters. The maximum Gasteiger partial charge on any atom is 0.159 e. The zero-order valence-electron chi connectivity index (χ0n) is 14.7. The Morgan fingerprint density at radius 3 is 1.18 bits per heavy atom. The Balaban J connectivity index is 2.85. The highest BCUT2D eigenvalue weighted by Crippen LogP contribution is 2.53. The van der Waals surface area contributed by atoms with Crippen LogP contribution in [-0.2, 0) is 0 Å². The molecule has 2 aromatic rings. The first-order valence-electron chi connectivity index (χ1n) is 7.99. The first-order chi connectivity index (χ1) is 10.2. The Kier molecular flexibility index (Phi) is 4.93. The lowest BCUT2D eigenvalue weighted by Crippen LogP contribution is -2.25. The summed E-state index contributed by atoms with van der Waals surface area (Å²) in [6.45, 7) is 14.3. The quantitative estimate of drug-likeness (QED) is 0.568. The van der Waals surface area contributed by atoms with Crippen LogP contribution in [0.1, 0.15) is 52.7 Å². The molecule has 2 rings (SSSR count). The molecule has 0 N–H and O–H groups in total. The maximum absolute atomic E-state index is 2.38. The zero-order chi connectivity index (χ0) is 16.4. The molecule has 0 spiro atoms. The SMILES string of the molecule is CC(C)(C)[P+](=C(c1ccccc1)c1ccccc1)C(C)(C)C. The molecule has 0 nitrogen and oxygen atoms in total. The lowest BCUT2D eigenvalue weighted by molar-refractivity contribution is 0.721. The van der Waals surface area contributed by atoms with Crippen LogP contribution in [0.5, 0.6) is 0 Å². The number of hydrogen-bond donors (Lipinski definition) is 0. The van der Waals surface area contributed by atoms with E-state index in [4.69, 9.17) is 0 Å². The summed E-state index contributed by atoms with van der Waals surface area (Å²) in [7, 11) is -0.342. The molecule has 0 radical (unpaired) electrons. The third kappa shape index (κ3) is 3.87. The molecule has 2 aromatic carbocycles. The Bertz CT molecular complexity index is 580. The second kappa shape index (κ2) is 6.39. The highest BCUT2D eigenvalue weighted by atomic mass is 31.1. The molecule has 0 unspecified atom stereocenters. The second-order valence-electron chi connectivity index (χ2n) is 7.76. The topological polar surface area (TPSA) is 0 Å². The third-order valence-corrected chi connectivity index (χ3v) is 7.31. The summed E-state index contributed by atoms with van der Waals surface area (Å²) in [4.78, 5) is 0. The highest BCUT2D eigenvalue weighted by molar-refractivity contribution is 7.63. The molecule has 0 aromatic heterocycles. The van der Waals surface area contributed by atoms with Crippen LogP contribution < -0.4 is 0 Å². The van der Waals surface area contributed by atoms with Gasteiger partial charge >= 0.3 is 0 Å². The Hall–Kier alpha value is -1.39. The fourth-order valence-electron chi connectivity index (χ4n) is 3.29. The van der Waals surface area contributed by atoms with Gasteiger partial charge in [0.05, 0.1) is 0 Å². The molecule has 0 saturated carbocycles. The minimum Gasteiger partial charge on any atom is -0.0622 e. The smallest absolute Gasteiger partial charge is 0.0622 e. The van der Waals surface area contributed by atoms with Gasteiger partial charge in [-0.15, -0.1) is 0 Å². The van der Waals surface area contributed by atoms with E-state index in [0.717, 1.165) is 0 Å². The molecule has 22 heavy (non-hydrogen) atoms. The number of hydrogen-bond acceptors (Lipinski definition) is 0. The van der Waals surface area contributed by atoms with Crippen molar-refractivity contribution in [2.45, 2.75) is 51.9 Å². The summed E-state index contributed by atoms with van der Waals surface area (Å²) in [5, 5.41) is 2.04. The van der Waals surface area contributed by atoms with Crippen LogP contribution in [0, 0.1) is 0 Å². The van der Waals surface area contributed by atoms with Crippen molar-refractivity contribution in [2.24, 2.45) is 0 Å². The van der Waals surface area contributed by atoms with E-state index in [2.05, 4.69) is 102 Å². The van der Waals surface area contributed by atoms with Crippen molar-refractivity contribution in [3.63, 3.8) is 0 Å². The van der Waals surface area contributed by atoms with E-state index in [1.165, 1.54) is 16.4 Å². The molecular formula is C21H28P+. The fraction of sp³-hybridized carbons (Fsp3) is 0.381. The standard InChI is InChI=1S/C21H28P/c1-20(2,3)22(21(4,5)6)19(17-13-9-7-10-14-17)18-15-11-8-12-16-18/h7-16H,1-6H3/q+1. The van der Waals surface area contributed by atoms with Crippen molar-refractivity contribution < 1.29 is 0 Å². The van der Waals surface area contributed by atoms with Gasteiger partial charge in [-0.25, -0.2) is 0 Å². The van der Waals surface area contributed by atoms with Crippen molar-refractivity contribution in [3.8, 4) is 0 Å². The lowest BCUT2D eigenvalue weighted by atomic mass is 10.1. The van der Waals surface area contributed by atoms with Crippen molar-refractivity contribution in [1.82, 2.24) is 0 Å². The third-order valence-electron chi connectivity index (χ3n) is 3.66. The first kappa shape index (κ1) is 17.0. The van der Waals surface area contributed by atoms with Crippen LogP contribution in [0.25, 0.3) is 0 Å². The van der Waals surface area contributed by atoms with Gasteiger partial charge in [-0.3, -0.25) is 0 Å². The lowest BCUT2D eigenvalue weighted by Gasteiger charge is -2.26. The van der Waals surface area contributed by atoms with Gasteiger partial charge in [0.2, 0.25) is 0 Å². The van der Waals surface area contributed by atoms with Crippen LogP contribution in [0.4, 0.5) is 0 Å². The number of benzene rings is 2. The monoisotopic (exact) mass is 311 g/mol. The second-order valence-corrected chi connectivity index (χ2v) is 11.6. The highest BCUT2D eigenvalue weighted by Gasteiger charge is 2.43. The van der Waals surface area contributed by atoms with Gasteiger partial charge in [-0.05, 0) is 41.5 Å². The molecule has 116 valence electrons. The van der Waals surface area contributed by atoms with E-state index < -0.39 is 0 Å². The van der Waals surface area contributed by atoms with Crippen LogP contribution in [0.2, 0.25) is 0 Å². The van der Waals surface area contributed by atoms with E-state index in [1.54, 1.807) is 0 Å². The van der Waals surface area contributed by atoms with Crippen molar-refractivity contribution >= 4 is 12.8 Å². The van der Waals surface area contributed by atoms with Crippen molar-refractivity contribution in [2.75, 3.05) is 0 Å². The van der Waals surface area contributed by atoms with Crippen LogP contribution >= 0.6 is 7.55 Å². The predicted molar refractivity (Wildman–Crippen MR) is 103 cm³/mol. The zero-order valence-corrected chi connectivity index (χ0v) is 15.6. The molecule has 0 amide bonds. The average molecular weight is 311 g/mol. The molecule has 1 heteroatoms. The largest absolute Gasteiger partial charge is 0.159 e. The van der Waals surface area contributed by atoms with E-state index in [-0.39, 0.29) is 17.9 Å². The summed E-state index contributed by atoms with van der Waals surface area (Å²) in [5.41, 5.74) is 2.73. The van der Waals surface area contributed by atoms with Gasteiger partial charge in [0.1, 0.15) is 17.9 Å². The van der Waals surface area contributed by atoms with E-state index in [9.17, 15) is 0 Å². The Morgan fingerprint density at radius 1 is 0.591 bits per heavy atom. The van der Waals surface area contributed by atoms with Crippen LogP contribution in [-0.4, -0.2) is 15.6 Å². The van der Waals surface area contributed by atoms with Gasteiger partial charge < -0.3 is 0 Å². The fourth-order valence-corrected chi connectivity index (χ4v) is 7.46. The van der Waals surface area contributed by atoms with E-state index in [1.807, 2.05) is 0 Å². The summed E-state index contributed by atoms with van der Waals surface area (Å²) >= 11 is 0. The van der Waals surface area contributed by atoms with Gasteiger partial charge in [-0.2, -0.15) is 0 Å². The van der Waals surface area contributed by atoms with Crippen LogP contribution in [0.3, 0.4) is 0 Å². The van der Waals surface area contributed by atoms with Gasteiger partial charge in [0.15, 0.2) is 5.29 Å². The molecule has 0 aliphatic heterocycles. The maximum atomic E-state index is 2.38. The molecule has 0 aliphatic rings. The molecule has 0 fully saturated rings. The summed E-state index contributed by atoms with van der Waals surface area (Å²) < 4.78 is 0. The predicted octanol–water partition coefficient (Wildman–Crippen LogP) is 6.33. The van der Waals surface area contributed by atoms with Gasteiger partial charge in [0, 0.05) is 11.1 Å². The van der Waals surface area contributed by atoms with Crippen molar-refractivity contribution in [3.05, 3.63) is 71.8 Å². The summed E-state index contributed by atoms with van der Waals surface area (Å²) in [6.07, 6.45) is 0. The van der Waals surface area contributed by atoms with Gasteiger partial charge in [0.25, 0.3) is 0 Å².